The average Bonchev–Trinajstić information content (AvgIpc) is 3.10. The third-order valence-electron chi connectivity index (χ3n) is 4.48. The summed E-state index contributed by atoms with van der Waals surface area (Å²) < 4.78 is 2.01. The van der Waals surface area contributed by atoms with Crippen molar-refractivity contribution in [2.45, 2.75) is 20.8 Å². The molecule has 4 rings (SSSR count). The number of carbonyl (C=O) groups excluding carboxylic acids is 1. The topological polar surface area (TPSA) is 34.4 Å². The molecule has 0 unspecified atom stereocenters. The van der Waals surface area contributed by atoms with Crippen LogP contribution in [0.2, 0.25) is 0 Å². The van der Waals surface area contributed by atoms with Crippen LogP contribution in [-0.2, 0) is 0 Å². The van der Waals surface area contributed by atoms with Crippen LogP contribution in [0.5, 0.6) is 0 Å². The highest BCUT2D eigenvalue weighted by atomic mass is 32.1. The lowest BCUT2D eigenvalue weighted by atomic mass is 10.0. The lowest BCUT2D eigenvalue weighted by molar-refractivity contribution is 0.111. The normalized spacial score (nSPS) is 11.2. The Hall–Kier alpha value is -2.72. The quantitative estimate of drug-likeness (QED) is 0.461. The third-order valence-corrected chi connectivity index (χ3v) is 5.44. The van der Waals surface area contributed by atoms with Crippen LogP contribution in [0.25, 0.3) is 27.5 Å². The Morgan fingerprint density at radius 3 is 2.48 bits per heavy atom. The van der Waals surface area contributed by atoms with Gasteiger partial charge >= 0.3 is 0 Å². The number of benzene rings is 2. The van der Waals surface area contributed by atoms with Crippen molar-refractivity contribution in [2.75, 3.05) is 0 Å². The summed E-state index contributed by atoms with van der Waals surface area (Å²) in [5, 5.41) is 0. The highest BCUT2D eigenvalue weighted by Gasteiger charge is 2.21. The van der Waals surface area contributed by atoms with Crippen LogP contribution in [0.4, 0.5) is 0 Å². The summed E-state index contributed by atoms with van der Waals surface area (Å²) in [6.07, 6.45) is 0.918. The van der Waals surface area contributed by atoms with Crippen molar-refractivity contribution < 1.29 is 4.79 Å². The van der Waals surface area contributed by atoms with Gasteiger partial charge in [-0.1, -0.05) is 54.1 Å². The van der Waals surface area contributed by atoms with Crippen molar-refractivity contribution in [3.63, 3.8) is 0 Å². The van der Waals surface area contributed by atoms with E-state index < -0.39 is 0 Å². The molecule has 124 valence electrons. The van der Waals surface area contributed by atoms with Crippen molar-refractivity contribution in [1.82, 2.24) is 9.38 Å². The zero-order valence-electron chi connectivity index (χ0n) is 14.4. The van der Waals surface area contributed by atoms with Gasteiger partial charge in [0.25, 0.3) is 0 Å². The number of hydrogen-bond acceptors (Lipinski definition) is 3. The summed E-state index contributed by atoms with van der Waals surface area (Å²) in [6.45, 7) is 6.29. The average molecular weight is 346 g/mol. The van der Waals surface area contributed by atoms with E-state index in [-0.39, 0.29) is 0 Å². The second-order valence-corrected chi connectivity index (χ2v) is 7.45. The van der Waals surface area contributed by atoms with Crippen LogP contribution in [0.15, 0.2) is 48.5 Å². The van der Waals surface area contributed by atoms with E-state index in [2.05, 4.69) is 39.0 Å². The molecule has 2 heterocycles. The number of hydrogen-bond donors (Lipinski definition) is 0. The summed E-state index contributed by atoms with van der Waals surface area (Å²) in [5.41, 5.74) is 6.97. The van der Waals surface area contributed by atoms with E-state index >= 15 is 0 Å². The molecule has 3 nitrogen and oxygen atoms in total. The van der Waals surface area contributed by atoms with Crippen LogP contribution in [0.1, 0.15) is 26.5 Å². The van der Waals surface area contributed by atoms with Gasteiger partial charge in [-0.25, -0.2) is 4.98 Å². The molecule has 0 aliphatic rings. The molecule has 2 aromatic heterocycles. The summed E-state index contributed by atoms with van der Waals surface area (Å²) in [7, 11) is 0. The molecular weight excluding hydrogens is 328 g/mol. The number of thiazole rings is 1. The number of carbonyl (C=O) groups is 1. The number of nitrogens with zero attached hydrogens (tertiary/aromatic N) is 2. The second kappa shape index (κ2) is 5.97. The molecule has 0 aliphatic carbocycles. The Balaban J connectivity index is 2.04. The Kier molecular flexibility index (Phi) is 3.77. The predicted octanol–water partition coefficient (Wildman–Crippen LogP) is 5.47. The van der Waals surface area contributed by atoms with E-state index in [0.29, 0.717) is 5.69 Å². The Bertz CT molecular complexity index is 1090. The van der Waals surface area contributed by atoms with E-state index in [1.54, 1.807) is 11.3 Å². The van der Waals surface area contributed by atoms with Gasteiger partial charge in [0.1, 0.15) is 11.4 Å². The molecule has 0 fully saturated rings. The van der Waals surface area contributed by atoms with Gasteiger partial charge < -0.3 is 0 Å². The standard InChI is InChI=1S/C21H18N2OS/c1-13-9-10-17(14(2)11-13)20-15(3)25-21-22-19(18(12-24)23(20)21)16-7-5-4-6-8-16/h4-12H,1-3H3. The van der Waals surface area contributed by atoms with Gasteiger partial charge in [-0.3, -0.25) is 9.20 Å². The van der Waals surface area contributed by atoms with Crippen LogP contribution in [0.3, 0.4) is 0 Å². The van der Waals surface area contributed by atoms with Crippen molar-refractivity contribution in [3.8, 4) is 22.5 Å². The van der Waals surface area contributed by atoms with Crippen LogP contribution >= 0.6 is 11.3 Å². The molecule has 2 aromatic carbocycles. The number of imidazole rings is 1. The molecule has 0 amide bonds. The van der Waals surface area contributed by atoms with Crippen LogP contribution in [-0.4, -0.2) is 15.7 Å². The molecule has 0 spiro atoms. The Morgan fingerprint density at radius 1 is 1.04 bits per heavy atom. The number of aryl methyl sites for hydroxylation is 3. The first-order valence-corrected chi connectivity index (χ1v) is 9.02. The van der Waals surface area contributed by atoms with E-state index in [0.717, 1.165) is 38.6 Å². The predicted molar refractivity (Wildman–Crippen MR) is 104 cm³/mol. The number of aromatic nitrogens is 2. The highest BCUT2D eigenvalue weighted by molar-refractivity contribution is 7.17. The van der Waals surface area contributed by atoms with Crippen molar-refractivity contribution in [3.05, 3.63) is 70.2 Å². The maximum absolute atomic E-state index is 12.0. The summed E-state index contributed by atoms with van der Waals surface area (Å²) in [4.78, 5) is 18.7. The molecule has 0 saturated carbocycles. The van der Waals surface area contributed by atoms with Crippen LogP contribution in [0, 0.1) is 20.8 Å². The van der Waals surface area contributed by atoms with Gasteiger partial charge in [0.15, 0.2) is 11.2 Å². The smallest absolute Gasteiger partial charge is 0.195 e. The molecule has 25 heavy (non-hydrogen) atoms. The Labute approximate surface area is 150 Å². The molecule has 4 aromatic rings. The second-order valence-electron chi connectivity index (χ2n) is 6.27. The molecule has 0 saturated heterocycles. The zero-order valence-corrected chi connectivity index (χ0v) is 15.2. The van der Waals surface area contributed by atoms with Gasteiger partial charge in [-0.15, -0.1) is 11.3 Å². The fraction of sp³-hybridized carbons (Fsp3) is 0.143. The van der Waals surface area contributed by atoms with Crippen molar-refractivity contribution in [2.24, 2.45) is 0 Å². The van der Waals surface area contributed by atoms with Crippen molar-refractivity contribution >= 4 is 22.6 Å². The first-order valence-electron chi connectivity index (χ1n) is 8.20. The molecule has 0 N–H and O–H groups in total. The fourth-order valence-corrected chi connectivity index (χ4v) is 4.34. The fourth-order valence-electron chi connectivity index (χ4n) is 3.35. The molecule has 4 heteroatoms. The number of rotatable bonds is 3. The number of fused-ring (bicyclic) bond motifs is 1. The van der Waals surface area contributed by atoms with Gasteiger partial charge in [0.05, 0.1) is 5.69 Å². The summed E-state index contributed by atoms with van der Waals surface area (Å²) in [5.74, 6) is 0. The molecule has 0 aliphatic heterocycles. The largest absolute Gasteiger partial charge is 0.296 e. The lowest BCUT2D eigenvalue weighted by Crippen LogP contribution is -1.97. The van der Waals surface area contributed by atoms with Gasteiger partial charge in [0, 0.05) is 16.0 Å². The van der Waals surface area contributed by atoms with E-state index in [1.807, 2.05) is 34.7 Å². The van der Waals surface area contributed by atoms with Gasteiger partial charge in [-0.2, -0.15) is 0 Å². The highest BCUT2D eigenvalue weighted by Crippen LogP contribution is 2.37. The molecule has 0 atom stereocenters. The lowest BCUT2D eigenvalue weighted by Gasteiger charge is -2.09. The van der Waals surface area contributed by atoms with E-state index in [9.17, 15) is 4.79 Å². The molecule has 0 radical (unpaired) electrons. The maximum Gasteiger partial charge on any atom is 0.195 e. The third kappa shape index (κ3) is 2.50. The van der Waals surface area contributed by atoms with E-state index in [1.165, 1.54) is 11.1 Å². The number of aldehydes is 1. The van der Waals surface area contributed by atoms with Crippen LogP contribution < -0.4 is 0 Å². The first kappa shape index (κ1) is 15.8. The van der Waals surface area contributed by atoms with E-state index in [4.69, 9.17) is 4.98 Å². The minimum atomic E-state index is 0.612. The monoisotopic (exact) mass is 346 g/mol. The minimum absolute atomic E-state index is 0.612. The SMILES string of the molecule is Cc1ccc(-c2c(C)sc3nc(-c4ccccc4)c(C=O)n23)c(C)c1. The van der Waals surface area contributed by atoms with Gasteiger partial charge in [-0.05, 0) is 26.3 Å². The first-order chi connectivity index (χ1) is 12.1. The molecular formula is C21H18N2OS. The summed E-state index contributed by atoms with van der Waals surface area (Å²) >= 11 is 1.62. The zero-order chi connectivity index (χ0) is 17.6. The molecule has 0 bridgehead atoms. The summed E-state index contributed by atoms with van der Waals surface area (Å²) in [6, 6.07) is 16.3. The Morgan fingerprint density at radius 2 is 1.80 bits per heavy atom. The van der Waals surface area contributed by atoms with Gasteiger partial charge in [0.2, 0.25) is 0 Å². The maximum atomic E-state index is 12.0. The minimum Gasteiger partial charge on any atom is -0.296 e. The van der Waals surface area contributed by atoms with Crippen molar-refractivity contribution in [1.29, 1.82) is 0 Å².